The standard InChI is InChI=1S/C12H23NO2/c1-2-10-3-5-12(14,6-4-10)9-13-11-7-15-8-11/h10-11,13-14H,2-9H2,1H3. The Morgan fingerprint density at radius 2 is 2.00 bits per heavy atom. The van der Waals surface area contributed by atoms with Crippen molar-refractivity contribution in [3.05, 3.63) is 0 Å². The molecule has 2 N–H and O–H groups in total. The van der Waals surface area contributed by atoms with E-state index < -0.39 is 5.60 Å². The van der Waals surface area contributed by atoms with Crippen LogP contribution in [-0.4, -0.2) is 36.5 Å². The average Bonchev–Trinajstić information content (AvgIpc) is 2.16. The summed E-state index contributed by atoms with van der Waals surface area (Å²) >= 11 is 0. The highest BCUT2D eigenvalue weighted by Crippen LogP contribution is 2.33. The molecule has 0 aromatic rings. The predicted octanol–water partition coefficient (Wildman–Crippen LogP) is 1.31. The summed E-state index contributed by atoms with van der Waals surface area (Å²) in [5, 5.41) is 13.7. The van der Waals surface area contributed by atoms with Crippen LogP contribution in [0.15, 0.2) is 0 Å². The molecule has 0 unspecified atom stereocenters. The van der Waals surface area contributed by atoms with Gasteiger partial charge in [-0.25, -0.2) is 0 Å². The van der Waals surface area contributed by atoms with Crippen molar-refractivity contribution in [1.29, 1.82) is 0 Å². The van der Waals surface area contributed by atoms with Crippen LogP contribution in [0.2, 0.25) is 0 Å². The summed E-state index contributed by atoms with van der Waals surface area (Å²) in [6, 6.07) is 0.484. The lowest BCUT2D eigenvalue weighted by molar-refractivity contribution is -0.0403. The van der Waals surface area contributed by atoms with Gasteiger partial charge < -0.3 is 15.2 Å². The second-order valence-corrected chi connectivity index (χ2v) is 5.19. The van der Waals surface area contributed by atoms with Gasteiger partial charge in [-0.2, -0.15) is 0 Å². The van der Waals surface area contributed by atoms with Crippen molar-refractivity contribution in [2.75, 3.05) is 19.8 Å². The zero-order valence-corrected chi connectivity index (χ0v) is 9.67. The van der Waals surface area contributed by atoms with E-state index in [0.717, 1.165) is 38.5 Å². The van der Waals surface area contributed by atoms with Gasteiger partial charge >= 0.3 is 0 Å². The molecule has 3 heteroatoms. The second kappa shape index (κ2) is 4.81. The third-order valence-corrected chi connectivity index (χ3v) is 3.97. The number of nitrogens with one attached hydrogen (secondary N) is 1. The largest absolute Gasteiger partial charge is 0.389 e. The summed E-state index contributed by atoms with van der Waals surface area (Å²) in [5.41, 5.74) is -0.443. The van der Waals surface area contributed by atoms with Crippen LogP contribution in [0, 0.1) is 5.92 Å². The van der Waals surface area contributed by atoms with Crippen LogP contribution >= 0.6 is 0 Å². The van der Waals surface area contributed by atoms with E-state index in [9.17, 15) is 5.11 Å². The van der Waals surface area contributed by atoms with Gasteiger partial charge in [-0.1, -0.05) is 13.3 Å². The first-order valence-corrected chi connectivity index (χ1v) is 6.25. The van der Waals surface area contributed by atoms with E-state index in [0.29, 0.717) is 6.04 Å². The minimum atomic E-state index is -0.443. The molecule has 0 aromatic heterocycles. The smallest absolute Gasteiger partial charge is 0.0771 e. The van der Waals surface area contributed by atoms with Crippen LogP contribution in [-0.2, 0) is 4.74 Å². The molecule has 2 fully saturated rings. The van der Waals surface area contributed by atoms with E-state index in [2.05, 4.69) is 12.2 Å². The van der Waals surface area contributed by atoms with Gasteiger partial charge in [-0.15, -0.1) is 0 Å². The Morgan fingerprint density at radius 1 is 1.33 bits per heavy atom. The molecule has 1 saturated heterocycles. The molecule has 0 spiro atoms. The quantitative estimate of drug-likeness (QED) is 0.740. The normalized spacial score (nSPS) is 37.6. The predicted molar refractivity (Wildman–Crippen MR) is 59.8 cm³/mol. The maximum atomic E-state index is 10.3. The van der Waals surface area contributed by atoms with Gasteiger partial charge in [-0.3, -0.25) is 0 Å². The van der Waals surface area contributed by atoms with Gasteiger partial charge in [-0.05, 0) is 31.6 Å². The van der Waals surface area contributed by atoms with Crippen LogP contribution in [0.1, 0.15) is 39.0 Å². The monoisotopic (exact) mass is 213 g/mol. The molecule has 15 heavy (non-hydrogen) atoms. The average molecular weight is 213 g/mol. The van der Waals surface area contributed by atoms with Crippen molar-refractivity contribution in [2.45, 2.75) is 50.7 Å². The number of hydrogen-bond acceptors (Lipinski definition) is 3. The fourth-order valence-electron chi connectivity index (χ4n) is 2.49. The van der Waals surface area contributed by atoms with Crippen molar-refractivity contribution < 1.29 is 9.84 Å². The highest BCUT2D eigenvalue weighted by molar-refractivity contribution is 4.89. The van der Waals surface area contributed by atoms with Gasteiger partial charge in [0, 0.05) is 6.54 Å². The van der Waals surface area contributed by atoms with Crippen LogP contribution in [0.25, 0.3) is 0 Å². The van der Waals surface area contributed by atoms with Gasteiger partial charge in [0.05, 0.1) is 24.9 Å². The topological polar surface area (TPSA) is 41.5 Å². The zero-order chi connectivity index (χ0) is 10.7. The van der Waals surface area contributed by atoms with Crippen molar-refractivity contribution in [1.82, 2.24) is 5.32 Å². The van der Waals surface area contributed by atoms with E-state index in [1.165, 1.54) is 19.3 Å². The molecule has 1 saturated carbocycles. The lowest BCUT2D eigenvalue weighted by atomic mass is 9.78. The molecule has 0 atom stereocenters. The fourth-order valence-corrected chi connectivity index (χ4v) is 2.49. The second-order valence-electron chi connectivity index (χ2n) is 5.19. The molecule has 0 amide bonds. The van der Waals surface area contributed by atoms with Crippen molar-refractivity contribution in [2.24, 2.45) is 5.92 Å². The Morgan fingerprint density at radius 3 is 2.47 bits per heavy atom. The summed E-state index contributed by atoms with van der Waals surface area (Å²) < 4.78 is 5.10. The molecular weight excluding hydrogens is 190 g/mol. The maximum absolute atomic E-state index is 10.3. The van der Waals surface area contributed by atoms with E-state index in [1.807, 2.05) is 0 Å². The summed E-state index contributed by atoms with van der Waals surface area (Å²) in [6.07, 6.45) is 5.57. The van der Waals surface area contributed by atoms with E-state index in [4.69, 9.17) is 4.74 Å². The molecule has 0 bridgehead atoms. The van der Waals surface area contributed by atoms with Crippen LogP contribution < -0.4 is 5.32 Å². The molecule has 1 heterocycles. The SMILES string of the molecule is CCC1CCC(O)(CNC2COC2)CC1. The summed E-state index contributed by atoms with van der Waals surface area (Å²) in [7, 11) is 0. The number of hydrogen-bond donors (Lipinski definition) is 2. The highest BCUT2D eigenvalue weighted by atomic mass is 16.5. The summed E-state index contributed by atoms with van der Waals surface area (Å²) in [6.45, 7) is 4.62. The number of aliphatic hydroxyl groups is 1. The molecule has 2 rings (SSSR count). The molecule has 88 valence electrons. The number of ether oxygens (including phenoxy) is 1. The van der Waals surface area contributed by atoms with Crippen LogP contribution in [0.4, 0.5) is 0 Å². The number of rotatable bonds is 4. The van der Waals surface area contributed by atoms with E-state index in [-0.39, 0.29) is 0 Å². The minimum absolute atomic E-state index is 0.443. The Kier molecular flexibility index (Phi) is 3.65. The molecule has 1 aliphatic heterocycles. The lowest BCUT2D eigenvalue weighted by Gasteiger charge is -2.38. The molecule has 0 aromatic carbocycles. The fraction of sp³-hybridized carbons (Fsp3) is 1.00. The lowest BCUT2D eigenvalue weighted by Crippen LogP contribution is -2.53. The van der Waals surface area contributed by atoms with E-state index in [1.54, 1.807) is 0 Å². The van der Waals surface area contributed by atoms with Crippen molar-refractivity contribution in [3.63, 3.8) is 0 Å². The van der Waals surface area contributed by atoms with Gasteiger partial charge in [0.15, 0.2) is 0 Å². The molecule has 1 aliphatic carbocycles. The van der Waals surface area contributed by atoms with Crippen LogP contribution in [0.5, 0.6) is 0 Å². The van der Waals surface area contributed by atoms with Gasteiger partial charge in [0.25, 0.3) is 0 Å². The highest BCUT2D eigenvalue weighted by Gasteiger charge is 2.33. The van der Waals surface area contributed by atoms with Crippen LogP contribution in [0.3, 0.4) is 0 Å². The third-order valence-electron chi connectivity index (χ3n) is 3.97. The molecule has 0 radical (unpaired) electrons. The Balaban J connectivity index is 1.70. The minimum Gasteiger partial charge on any atom is -0.389 e. The maximum Gasteiger partial charge on any atom is 0.0771 e. The summed E-state index contributed by atoms with van der Waals surface area (Å²) in [4.78, 5) is 0. The Labute approximate surface area is 92.2 Å². The first-order valence-electron chi connectivity index (χ1n) is 6.25. The van der Waals surface area contributed by atoms with Crippen molar-refractivity contribution in [3.8, 4) is 0 Å². The summed E-state index contributed by atoms with van der Waals surface area (Å²) in [5.74, 6) is 0.845. The van der Waals surface area contributed by atoms with Gasteiger partial charge in [0.1, 0.15) is 0 Å². The zero-order valence-electron chi connectivity index (χ0n) is 9.67. The van der Waals surface area contributed by atoms with E-state index >= 15 is 0 Å². The first-order chi connectivity index (χ1) is 7.22. The molecular formula is C12H23NO2. The van der Waals surface area contributed by atoms with Crippen molar-refractivity contribution >= 4 is 0 Å². The molecule has 2 aliphatic rings. The Hall–Kier alpha value is -0.120. The third kappa shape index (κ3) is 2.92. The Bertz CT molecular complexity index is 196. The van der Waals surface area contributed by atoms with Gasteiger partial charge in [0.2, 0.25) is 0 Å². The first kappa shape index (κ1) is 11.4. The molecule has 3 nitrogen and oxygen atoms in total.